The summed E-state index contributed by atoms with van der Waals surface area (Å²) < 4.78 is 12.9. The number of hydrogen-bond donors (Lipinski definition) is 1. The minimum Gasteiger partial charge on any atom is -0.465 e. The molecular formula is C22H28Cl2N4O5. The first kappa shape index (κ1) is 25.3. The highest BCUT2D eigenvalue weighted by Gasteiger charge is 2.40. The summed E-state index contributed by atoms with van der Waals surface area (Å²) in [5.41, 5.74) is 1.09. The maximum Gasteiger partial charge on any atom is 0.407 e. The number of amides is 1. The Hall–Kier alpha value is -2.36. The van der Waals surface area contributed by atoms with Crippen molar-refractivity contribution < 1.29 is 24.2 Å². The lowest BCUT2D eigenvalue weighted by molar-refractivity contribution is -0.0792. The molecule has 180 valence electrons. The highest BCUT2D eigenvalue weighted by atomic mass is 35.5. The summed E-state index contributed by atoms with van der Waals surface area (Å²) in [6.45, 7) is 8.42. The van der Waals surface area contributed by atoms with E-state index in [1.54, 1.807) is 23.7 Å². The van der Waals surface area contributed by atoms with Crippen LogP contribution in [0, 0.1) is 18.3 Å². The summed E-state index contributed by atoms with van der Waals surface area (Å²) in [5.74, 6) is -0.937. The third kappa shape index (κ3) is 5.59. The van der Waals surface area contributed by atoms with Gasteiger partial charge in [-0.2, -0.15) is 0 Å². The zero-order valence-electron chi connectivity index (χ0n) is 19.2. The molecule has 11 heteroatoms. The monoisotopic (exact) mass is 498 g/mol. The summed E-state index contributed by atoms with van der Waals surface area (Å²) in [4.78, 5) is 25.4. The van der Waals surface area contributed by atoms with E-state index >= 15 is 0 Å². The zero-order chi connectivity index (χ0) is 24.5. The smallest absolute Gasteiger partial charge is 0.407 e. The molecule has 33 heavy (non-hydrogen) atoms. The minimum absolute atomic E-state index is 0.112. The van der Waals surface area contributed by atoms with Crippen LogP contribution >= 0.6 is 23.2 Å². The van der Waals surface area contributed by atoms with Gasteiger partial charge in [0.05, 0.1) is 48.1 Å². The van der Waals surface area contributed by atoms with Gasteiger partial charge >= 0.3 is 12.1 Å². The van der Waals surface area contributed by atoms with E-state index < -0.39 is 18.2 Å². The molecule has 1 N–H and O–H groups in total. The number of carbonyl (C=O) groups is 2. The lowest BCUT2D eigenvalue weighted by Gasteiger charge is -2.34. The maximum absolute atomic E-state index is 12.1. The molecule has 1 aromatic heterocycles. The molecule has 2 aromatic rings. The van der Waals surface area contributed by atoms with Crippen LogP contribution < -0.4 is 0 Å². The van der Waals surface area contributed by atoms with Crippen LogP contribution in [0.3, 0.4) is 0 Å². The van der Waals surface area contributed by atoms with Crippen molar-refractivity contribution in [1.82, 2.24) is 19.9 Å². The number of carbonyl (C=O) groups excluding carboxylic acids is 1. The topological polar surface area (TPSA) is 107 Å². The largest absolute Gasteiger partial charge is 0.465 e. The number of halogens is 2. The van der Waals surface area contributed by atoms with E-state index in [-0.39, 0.29) is 42.8 Å². The lowest BCUT2D eigenvalue weighted by atomic mass is 9.88. The quantitative estimate of drug-likeness (QED) is 0.619. The number of esters is 1. The SMILES string of the molecule is COC(=O)c1nnn(C[C@@H]2CN(C(=O)O)CC(C(C)(C)C)O[C@H]2c2ccc(Cl)c(Cl)c2)c1C. The van der Waals surface area contributed by atoms with Gasteiger partial charge in [0.15, 0.2) is 5.69 Å². The molecule has 1 saturated heterocycles. The van der Waals surface area contributed by atoms with Crippen molar-refractivity contribution in [3.05, 3.63) is 45.2 Å². The van der Waals surface area contributed by atoms with Crippen molar-refractivity contribution in [3.8, 4) is 0 Å². The molecule has 0 aliphatic carbocycles. The molecule has 0 bridgehead atoms. The summed E-state index contributed by atoms with van der Waals surface area (Å²) in [7, 11) is 1.28. The summed E-state index contributed by atoms with van der Waals surface area (Å²) in [5, 5.41) is 18.7. The second-order valence-electron chi connectivity index (χ2n) is 9.23. The molecule has 1 amide bonds. The van der Waals surface area contributed by atoms with Crippen LogP contribution in [0.2, 0.25) is 10.0 Å². The van der Waals surface area contributed by atoms with E-state index in [2.05, 4.69) is 10.3 Å². The number of rotatable bonds is 4. The predicted molar refractivity (Wildman–Crippen MR) is 123 cm³/mol. The molecular weight excluding hydrogens is 471 g/mol. The van der Waals surface area contributed by atoms with Crippen LogP contribution in [0.4, 0.5) is 4.79 Å². The Labute approximate surface area is 202 Å². The number of carboxylic acid groups (broad SMARTS) is 1. The fraction of sp³-hybridized carbons (Fsp3) is 0.545. The van der Waals surface area contributed by atoms with E-state index in [4.69, 9.17) is 32.7 Å². The van der Waals surface area contributed by atoms with Gasteiger partial charge in [0.2, 0.25) is 0 Å². The maximum atomic E-state index is 12.1. The van der Waals surface area contributed by atoms with Gasteiger partial charge in [0.25, 0.3) is 0 Å². The molecule has 0 radical (unpaired) electrons. The molecule has 3 rings (SSSR count). The third-order valence-corrected chi connectivity index (χ3v) is 6.60. The molecule has 3 atom stereocenters. The second kappa shape index (κ2) is 9.87. The first-order valence-corrected chi connectivity index (χ1v) is 11.2. The first-order chi connectivity index (χ1) is 15.4. The van der Waals surface area contributed by atoms with Crippen molar-refractivity contribution in [2.75, 3.05) is 20.2 Å². The van der Waals surface area contributed by atoms with Gasteiger partial charge in [-0.1, -0.05) is 55.3 Å². The minimum atomic E-state index is -1.03. The van der Waals surface area contributed by atoms with Gasteiger partial charge in [0, 0.05) is 12.5 Å². The van der Waals surface area contributed by atoms with Crippen molar-refractivity contribution in [1.29, 1.82) is 0 Å². The molecule has 0 saturated carbocycles. The third-order valence-electron chi connectivity index (χ3n) is 5.86. The van der Waals surface area contributed by atoms with Crippen LogP contribution in [-0.4, -0.2) is 63.4 Å². The lowest BCUT2D eigenvalue weighted by Crippen LogP contribution is -2.42. The molecule has 0 spiro atoms. The fourth-order valence-corrected chi connectivity index (χ4v) is 4.16. The number of methoxy groups -OCH3 is 1. The Kier molecular flexibility index (Phi) is 7.55. The van der Waals surface area contributed by atoms with Crippen LogP contribution in [0.25, 0.3) is 0 Å². The number of benzene rings is 1. The highest BCUT2D eigenvalue weighted by molar-refractivity contribution is 6.42. The van der Waals surface area contributed by atoms with Gasteiger partial charge in [0.1, 0.15) is 0 Å². The number of ether oxygens (including phenoxy) is 2. The van der Waals surface area contributed by atoms with E-state index in [9.17, 15) is 14.7 Å². The molecule has 2 heterocycles. The van der Waals surface area contributed by atoms with Crippen LogP contribution in [0.15, 0.2) is 18.2 Å². The number of aromatic nitrogens is 3. The number of hydrogen-bond acceptors (Lipinski definition) is 6. The predicted octanol–water partition coefficient (Wildman–Crippen LogP) is 4.46. The number of nitrogens with zero attached hydrogens (tertiary/aromatic N) is 4. The molecule has 1 aliphatic rings. The Morgan fingerprint density at radius 2 is 1.94 bits per heavy atom. The van der Waals surface area contributed by atoms with E-state index in [0.29, 0.717) is 15.7 Å². The van der Waals surface area contributed by atoms with E-state index in [1.807, 2.05) is 26.8 Å². The Balaban J connectivity index is 2.05. The Morgan fingerprint density at radius 3 is 2.52 bits per heavy atom. The molecule has 1 aromatic carbocycles. The normalized spacial score (nSPS) is 21.5. The van der Waals surface area contributed by atoms with Crippen LogP contribution in [0.1, 0.15) is 48.6 Å². The summed E-state index contributed by atoms with van der Waals surface area (Å²) >= 11 is 12.4. The average Bonchev–Trinajstić information content (AvgIpc) is 2.97. The Bertz CT molecular complexity index is 1040. The van der Waals surface area contributed by atoms with Gasteiger partial charge in [-0.15, -0.1) is 5.10 Å². The van der Waals surface area contributed by atoms with Crippen LogP contribution in [-0.2, 0) is 16.0 Å². The van der Waals surface area contributed by atoms with Crippen molar-refractivity contribution >= 4 is 35.3 Å². The van der Waals surface area contributed by atoms with Gasteiger partial charge in [-0.3, -0.25) is 0 Å². The fourth-order valence-electron chi connectivity index (χ4n) is 3.85. The van der Waals surface area contributed by atoms with Gasteiger partial charge in [-0.25, -0.2) is 14.3 Å². The molecule has 9 nitrogen and oxygen atoms in total. The molecule has 1 aliphatic heterocycles. The van der Waals surface area contributed by atoms with Crippen molar-refractivity contribution in [3.63, 3.8) is 0 Å². The standard InChI is InChI=1S/C22H28Cl2N4O5/c1-12-18(20(29)32-5)25-26-28(12)10-14-9-27(21(30)31)11-17(22(2,3)4)33-19(14)13-6-7-15(23)16(24)8-13/h6-8,14,17,19H,9-11H2,1-5H3,(H,30,31)/t14-,17?,19-/m0/s1. The molecule has 1 unspecified atom stereocenters. The van der Waals surface area contributed by atoms with Crippen LogP contribution in [0.5, 0.6) is 0 Å². The second-order valence-corrected chi connectivity index (χ2v) is 10.0. The van der Waals surface area contributed by atoms with Crippen molar-refractivity contribution in [2.24, 2.45) is 11.3 Å². The first-order valence-electron chi connectivity index (χ1n) is 10.5. The highest BCUT2D eigenvalue weighted by Crippen LogP contribution is 2.39. The zero-order valence-corrected chi connectivity index (χ0v) is 20.7. The molecule has 1 fully saturated rings. The summed E-state index contributed by atoms with van der Waals surface area (Å²) in [6, 6.07) is 5.27. The van der Waals surface area contributed by atoms with Gasteiger partial charge in [-0.05, 0) is 30.0 Å². The Morgan fingerprint density at radius 1 is 1.24 bits per heavy atom. The van der Waals surface area contributed by atoms with E-state index in [1.165, 1.54) is 12.0 Å². The average molecular weight is 499 g/mol. The summed E-state index contributed by atoms with van der Waals surface area (Å²) in [6.07, 6.45) is -1.91. The van der Waals surface area contributed by atoms with Crippen molar-refractivity contribution in [2.45, 2.75) is 46.4 Å². The van der Waals surface area contributed by atoms with Gasteiger partial charge < -0.3 is 19.5 Å². The van der Waals surface area contributed by atoms with E-state index in [0.717, 1.165) is 5.56 Å².